The molecule has 2 aromatic carbocycles. The van der Waals surface area contributed by atoms with Crippen LogP contribution in [0.25, 0.3) is 11.3 Å². The van der Waals surface area contributed by atoms with Gasteiger partial charge in [-0.05, 0) is 74.6 Å². The van der Waals surface area contributed by atoms with Crippen LogP contribution in [0, 0.1) is 13.8 Å². The van der Waals surface area contributed by atoms with Gasteiger partial charge in [0.25, 0.3) is 0 Å². The molecule has 0 aliphatic rings. The van der Waals surface area contributed by atoms with E-state index < -0.39 is 0 Å². The van der Waals surface area contributed by atoms with Gasteiger partial charge in [0.1, 0.15) is 5.75 Å². The molecule has 0 fully saturated rings. The highest BCUT2D eigenvalue weighted by Gasteiger charge is 2.09. The molecule has 0 aliphatic carbocycles. The van der Waals surface area contributed by atoms with Crippen LogP contribution in [0.15, 0.2) is 59.6 Å². The van der Waals surface area contributed by atoms with Crippen molar-refractivity contribution in [2.45, 2.75) is 34.6 Å². The summed E-state index contributed by atoms with van der Waals surface area (Å²) in [6, 6.07) is 14.4. The third kappa shape index (κ3) is 4.27. The Balaban J connectivity index is 2.39. The summed E-state index contributed by atoms with van der Waals surface area (Å²) < 4.78 is 5.33. The summed E-state index contributed by atoms with van der Waals surface area (Å²) in [5, 5.41) is 0. The first-order valence-electron chi connectivity index (χ1n) is 8.48. The Labute approximate surface area is 151 Å². The number of ether oxygens (including phenoxy) is 1. The Kier molecular flexibility index (Phi) is 5.97. The Morgan fingerprint density at radius 3 is 2.16 bits per heavy atom. The lowest BCUT2D eigenvalue weighted by Crippen LogP contribution is -1.99. The van der Waals surface area contributed by atoms with Gasteiger partial charge in [0, 0.05) is 11.3 Å². The van der Waals surface area contributed by atoms with Crippen LogP contribution in [-0.2, 0) is 0 Å². The van der Waals surface area contributed by atoms with E-state index >= 15 is 0 Å². The fraction of sp³-hybridized carbons (Fsp3) is 0.261. The van der Waals surface area contributed by atoms with Gasteiger partial charge in [-0.3, -0.25) is 4.99 Å². The van der Waals surface area contributed by atoms with E-state index in [2.05, 4.69) is 58.5 Å². The summed E-state index contributed by atoms with van der Waals surface area (Å²) in [5.41, 5.74) is 8.81. The van der Waals surface area contributed by atoms with Crippen molar-refractivity contribution in [3.05, 3.63) is 76.9 Å². The first-order valence-corrected chi connectivity index (χ1v) is 8.48. The zero-order valence-corrected chi connectivity index (χ0v) is 16.1. The van der Waals surface area contributed by atoms with Gasteiger partial charge in [0.15, 0.2) is 0 Å². The van der Waals surface area contributed by atoms with E-state index in [1.54, 1.807) is 7.11 Å². The molecular weight excluding hydrogens is 306 g/mol. The van der Waals surface area contributed by atoms with Crippen LogP contribution >= 0.6 is 0 Å². The molecule has 130 valence electrons. The Hall–Kier alpha value is -2.61. The zero-order chi connectivity index (χ0) is 18.6. The number of rotatable bonds is 5. The van der Waals surface area contributed by atoms with Gasteiger partial charge in [-0.25, -0.2) is 0 Å². The summed E-state index contributed by atoms with van der Waals surface area (Å²) in [6.45, 7) is 14.7. The molecule has 2 aromatic rings. The molecule has 0 atom stereocenters. The molecule has 0 aliphatic heterocycles. The lowest BCUT2D eigenvalue weighted by molar-refractivity contribution is 0.414. The third-order valence-electron chi connectivity index (χ3n) is 4.68. The molecule has 0 N–H and O–H groups in total. The smallest absolute Gasteiger partial charge is 0.119 e. The topological polar surface area (TPSA) is 21.6 Å². The molecule has 0 bridgehead atoms. The van der Waals surface area contributed by atoms with Crippen LogP contribution in [0.3, 0.4) is 0 Å². The van der Waals surface area contributed by atoms with E-state index in [0.717, 1.165) is 33.9 Å². The van der Waals surface area contributed by atoms with E-state index in [-0.39, 0.29) is 0 Å². The van der Waals surface area contributed by atoms with Crippen molar-refractivity contribution in [2.75, 3.05) is 7.11 Å². The number of nitrogens with zero attached hydrogens (tertiary/aromatic N) is 1. The predicted molar refractivity (Wildman–Crippen MR) is 109 cm³/mol. The summed E-state index contributed by atoms with van der Waals surface area (Å²) in [5.74, 6) is 0.860. The molecule has 25 heavy (non-hydrogen) atoms. The monoisotopic (exact) mass is 333 g/mol. The van der Waals surface area contributed by atoms with Gasteiger partial charge in [0.05, 0.1) is 12.8 Å². The van der Waals surface area contributed by atoms with Crippen LogP contribution < -0.4 is 4.74 Å². The number of benzene rings is 2. The molecule has 0 spiro atoms. The van der Waals surface area contributed by atoms with E-state index in [4.69, 9.17) is 9.73 Å². The van der Waals surface area contributed by atoms with E-state index in [1.807, 2.05) is 25.1 Å². The van der Waals surface area contributed by atoms with Gasteiger partial charge in [0.2, 0.25) is 0 Å². The number of aryl methyl sites for hydroxylation is 2. The van der Waals surface area contributed by atoms with E-state index in [0.29, 0.717) is 0 Å². The third-order valence-corrected chi connectivity index (χ3v) is 4.68. The normalized spacial score (nSPS) is 12.6. The standard InChI is InChI=1S/C23H27NO/c1-15-10-8-11-16(2)23(15)20(6)24-19(5)17(3)18(4)21-12-9-13-22(14-21)25-7/h8-14H,6H2,1-5,7H3/b18-17+,24-19?. The van der Waals surface area contributed by atoms with Crippen LogP contribution in [0.1, 0.15) is 43.0 Å². The van der Waals surface area contributed by atoms with E-state index in [1.165, 1.54) is 16.7 Å². The maximum Gasteiger partial charge on any atom is 0.119 e. The molecule has 0 unspecified atom stereocenters. The van der Waals surface area contributed by atoms with Crippen molar-refractivity contribution in [2.24, 2.45) is 4.99 Å². The number of hydrogen-bond acceptors (Lipinski definition) is 2. The second kappa shape index (κ2) is 7.98. The SMILES string of the molecule is C=C(N=C(C)/C(C)=C(\C)c1cccc(OC)c1)c1c(C)cccc1C. The average molecular weight is 333 g/mol. The Morgan fingerprint density at radius 1 is 0.960 bits per heavy atom. The summed E-state index contributed by atoms with van der Waals surface area (Å²) in [7, 11) is 1.69. The molecule has 0 saturated carbocycles. The van der Waals surface area contributed by atoms with Gasteiger partial charge in [-0.15, -0.1) is 0 Å². The maximum absolute atomic E-state index is 5.33. The van der Waals surface area contributed by atoms with Crippen LogP contribution in [0.2, 0.25) is 0 Å². The number of hydrogen-bond donors (Lipinski definition) is 0. The highest BCUT2D eigenvalue weighted by atomic mass is 16.5. The van der Waals surface area contributed by atoms with Crippen molar-refractivity contribution in [1.29, 1.82) is 0 Å². The lowest BCUT2D eigenvalue weighted by Gasteiger charge is -2.12. The van der Waals surface area contributed by atoms with Crippen molar-refractivity contribution < 1.29 is 4.74 Å². The number of aliphatic imine (C=N–C) groups is 1. The molecule has 0 radical (unpaired) electrons. The summed E-state index contributed by atoms with van der Waals surface area (Å²) in [4.78, 5) is 4.79. The fourth-order valence-electron chi connectivity index (χ4n) is 2.96. The minimum atomic E-state index is 0.811. The Bertz CT molecular complexity index is 836. The molecular formula is C23H27NO. The molecule has 0 aromatic heterocycles. The Morgan fingerprint density at radius 2 is 1.56 bits per heavy atom. The van der Waals surface area contributed by atoms with Gasteiger partial charge >= 0.3 is 0 Å². The molecule has 0 saturated heterocycles. The first kappa shape index (κ1) is 18.7. The fourth-order valence-corrected chi connectivity index (χ4v) is 2.96. The second-order valence-electron chi connectivity index (χ2n) is 6.39. The van der Waals surface area contributed by atoms with Crippen LogP contribution in [-0.4, -0.2) is 12.8 Å². The van der Waals surface area contributed by atoms with E-state index in [9.17, 15) is 0 Å². The van der Waals surface area contributed by atoms with Crippen LogP contribution in [0.5, 0.6) is 5.75 Å². The zero-order valence-electron chi connectivity index (χ0n) is 16.1. The predicted octanol–water partition coefficient (Wildman–Crippen LogP) is 6.24. The average Bonchev–Trinajstić information content (AvgIpc) is 2.60. The largest absolute Gasteiger partial charge is 0.497 e. The molecule has 2 heteroatoms. The van der Waals surface area contributed by atoms with Crippen molar-refractivity contribution in [1.82, 2.24) is 0 Å². The lowest BCUT2D eigenvalue weighted by atomic mass is 9.98. The molecule has 2 nitrogen and oxygen atoms in total. The minimum absolute atomic E-state index is 0.811. The van der Waals surface area contributed by atoms with Crippen LogP contribution in [0.4, 0.5) is 0 Å². The van der Waals surface area contributed by atoms with Gasteiger partial charge < -0.3 is 4.74 Å². The quantitative estimate of drug-likeness (QED) is 0.594. The second-order valence-corrected chi connectivity index (χ2v) is 6.39. The maximum atomic E-state index is 5.33. The molecule has 0 amide bonds. The molecule has 2 rings (SSSR count). The number of allylic oxidation sites excluding steroid dienone is 2. The molecule has 0 heterocycles. The van der Waals surface area contributed by atoms with Crippen molar-refractivity contribution >= 4 is 17.0 Å². The van der Waals surface area contributed by atoms with Crippen molar-refractivity contribution in [3.63, 3.8) is 0 Å². The highest BCUT2D eigenvalue weighted by molar-refractivity contribution is 6.06. The summed E-state index contributed by atoms with van der Waals surface area (Å²) >= 11 is 0. The highest BCUT2D eigenvalue weighted by Crippen LogP contribution is 2.26. The van der Waals surface area contributed by atoms with Gasteiger partial charge in [-0.1, -0.05) is 36.9 Å². The summed E-state index contributed by atoms with van der Waals surface area (Å²) in [6.07, 6.45) is 0. The number of methoxy groups -OCH3 is 1. The van der Waals surface area contributed by atoms with Gasteiger partial charge in [-0.2, -0.15) is 0 Å². The first-order chi connectivity index (χ1) is 11.8. The minimum Gasteiger partial charge on any atom is -0.497 e. The van der Waals surface area contributed by atoms with Crippen molar-refractivity contribution in [3.8, 4) is 5.75 Å².